The quantitative estimate of drug-likeness (QED) is 0.498. The van der Waals surface area contributed by atoms with Gasteiger partial charge in [-0.05, 0) is 79.6 Å². The number of amides is 2. The number of anilines is 2. The Hall–Kier alpha value is -3.64. The summed E-state index contributed by atoms with van der Waals surface area (Å²) < 4.78 is 18.9. The minimum absolute atomic E-state index is 0.133. The molecule has 0 saturated heterocycles. The van der Waals surface area contributed by atoms with Gasteiger partial charge in [-0.2, -0.15) is 0 Å². The zero-order valence-corrected chi connectivity index (χ0v) is 18.2. The van der Waals surface area contributed by atoms with Crippen molar-refractivity contribution in [3.63, 3.8) is 0 Å². The van der Waals surface area contributed by atoms with Gasteiger partial charge in [0.05, 0.1) is 17.9 Å². The molecule has 0 unspecified atom stereocenters. The van der Waals surface area contributed by atoms with Crippen molar-refractivity contribution in [1.29, 1.82) is 0 Å². The number of hydrogen-bond acceptors (Lipinski definition) is 4. The molecule has 0 saturated carbocycles. The van der Waals surface area contributed by atoms with Crippen LogP contribution in [-0.4, -0.2) is 18.4 Å². The number of imide groups is 1. The highest BCUT2D eigenvalue weighted by atomic mass is 35.5. The van der Waals surface area contributed by atoms with Crippen LogP contribution in [0.15, 0.2) is 72.4 Å². The lowest BCUT2D eigenvalue weighted by molar-refractivity contribution is -0.120. The number of rotatable bonds is 6. The van der Waals surface area contributed by atoms with Gasteiger partial charge in [-0.15, -0.1) is 0 Å². The lowest BCUT2D eigenvalue weighted by Crippen LogP contribution is -2.32. The molecule has 3 aromatic carbocycles. The van der Waals surface area contributed by atoms with Crippen LogP contribution in [0.2, 0.25) is 5.02 Å². The monoisotopic (exact) mass is 450 g/mol. The highest BCUT2D eigenvalue weighted by Crippen LogP contribution is 2.35. The molecule has 0 atom stereocenters. The summed E-state index contributed by atoms with van der Waals surface area (Å²) in [7, 11) is 0. The molecule has 4 rings (SSSR count). The summed E-state index contributed by atoms with van der Waals surface area (Å²) in [6, 6.07) is 17.4. The maximum absolute atomic E-state index is 13.4. The Labute approximate surface area is 190 Å². The van der Waals surface area contributed by atoms with E-state index in [9.17, 15) is 14.0 Å². The summed E-state index contributed by atoms with van der Waals surface area (Å²) in [6.45, 7) is 4.25. The molecular formula is C25H20ClFN2O3. The molecule has 1 N–H and O–H groups in total. The van der Waals surface area contributed by atoms with Crippen molar-refractivity contribution in [3.8, 4) is 5.75 Å². The van der Waals surface area contributed by atoms with Gasteiger partial charge in [0, 0.05) is 10.7 Å². The summed E-state index contributed by atoms with van der Waals surface area (Å²) in [6.07, 6.45) is 0. The largest absolute Gasteiger partial charge is 0.494 e. The molecular weight excluding hydrogens is 431 g/mol. The van der Waals surface area contributed by atoms with Crippen molar-refractivity contribution in [2.75, 3.05) is 16.8 Å². The topological polar surface area (TPSA) is 58.6 Å². The maximum atomic E-state index is 13.4. The summed E-state index contributed by atoms with van der Waals surface area (Å²) in [5.41, 5.74) is 2.66. The van der Waals surface area contributed by atoms with Crippen molar-refractivity contribution < 1.29 is 18.7 Å². The van der Waals surface area contributed by atoms with Crippen LogP contribution >= 0.6 is 11.6 Å². The number of aryl methyl sites for hydroxylation is 1. The van der Waals surface area contributed by atoms with Gasteiger partial charge in [0.2, 0.25) is 0 Å². The molecule has 5 nitrogen and oxygen atoms in total. The van der Waals surface area contributed by atoms with Gasteiger partial charge in [0.25, 0.3) is 11.8 Å². The van der Waals surface area contributed by atoms with E-state index in [4.69, 9.17) is 16.3 Å². The van der Waals surface area contributed by atoms with Crippen molar-refractivity contribution in [3.05, 3.63) is 94.4 Å². The average Bonchev–Trinajstić information content (AvgIpc) is 3.01. The van der Waals surface area contributed by atoms with Crippen LogP contribution in [0.25, 0.3) is 5.57 Å². The third-order valence-corrected chi connectivity index (χ3v) is 5.31. The lowest BCUT2D eigenvalue weighted by Gasteiger charge is -2.15. The van der Waals surface area contributed by atoms with Gasteiger partial charge in [-0.1, -0.05) is 23.7 Å². The van der Waals surface area contributed by atoms with E-state index in [-0.39, 0.29) is 17.0 Å². The third kappa shape index (κ3) is 4.09. The molecule has 32 heavy (non-hydrogen) atoms. The number of carbonyl (C=O) groups is 2. The first-order valence-electron chi connectivity index (χ1n) is 10.0. The molecule has 7 heteroatoms. The average molecular weight is 451 g/mol. The summed E-state index contributed by atoms with van der Waals surface area (Å²) in [5, 5.41) is 3.68. The Morgan fingerprint density at radius 2 is 1.66 bits per heavy atom. The van der Waals surface area contributed by atoms with Crippen LogP contribution in [0, 0.1) is 12.7 Å². The highest BCUT2D eigenvalue weighted by molar-refractivity contribution is 6.46. The number of hydrogen-bond donors (Lipinski definition) is 1. The van der Waals surface area contributed by atoms with Gasteiger partial charge in [-0.3, -0.25) is 9.59 Å². The first-order chi connectivity index (χ1) is 15.4. The van der Waals surface area contributed by atoms with E-state index in [0.717, 1.165) is 10.5 Å². The van der Waals surface area contributed by atoms with Crippen LogP contribution in [0.1, 0.15) is 18.1 Å². The SMILES string of the molecule is CCOc1ccc(C2=C(Nc3ccc(Cl)cc3C)C(=O)N(c3ccc(F)cc3)C2=O)cc1. The fourth-order valence-corrected chi connectivity index (χ4v) is 3.75. The Kier molecular flexibility index (Phi) is 5.97. The number of halogens is 2. The first-order valence-corrected chi connectivity index (χ1v) is 10.4. The highest BCUT2D eigenvalue weighted by Gasteiger charge is 2.40. The number of benzene rings is 3. The van der Waals surface area contributed by atoms with E-state index >= 15 is 0 Å². The summed E-state index contributed by atoms with van der Waals surface area (Å²) in [5.74, 6) is -0.825. The molecule has 2 amide bonds. The van der Waals surface area contributed by atoms with Gasteiger partial charge in [0.1, 0.15) is 17.3 Å². The fraction of sp³-hybridized carbons (Fsp3) is 0.120. The molecule has 0 fully saturated rings. The molecule has 1 aliphatic rings. The smallest absolute Gasteiger partial charge is 0.282 e. The third-order valence-electron chi connectivity index (χ3n) is 5.07. The summed E-state index contributed by atoms with van der Waals surface area (Å²) in [4.78, 5) is 27.8. The van der Waals surface area contributed by atoms with Crippen molar-refractivity contribution in [2.45, 2.75) is 13.8 Å². The Balaban J connectivity index is 1.80. The minimum atomic E-state index is -0.528. The molecule has 0 spiro atoms. The van der Waals surface area contributed by atoms with E-state index < -0.39 is 17.6 Å². The molecule has 1 aliphatic heterocycles. The lowest BCUT2D eigenvalue weighted by atomic mass is 10.0. The van der Waals surface area contributed by atoms with E-state index in [1.807, 2.05) is 13.8 Å². The zero-order valence-electron chi connectivity index (χ0n) is 17.5. The summed E-state index contributed by atoms with van der Waals surface area (Å²) >= 11 is 6.05. The normalized spacial score (nSPS) is 13.7. The van der Waals surface area contributed by atoms with Crippen LogP contribution in [0.5, 0.6) is 5.75 Å². The fourth-order valence-electron chi connectivity index (χ4n) is 3.52. The van der Waals surface area contributed by atoms with E-state index in [2.05, 4.69) is 5.32 Å². The van der Waals surface area contributed by atoms with Gasteiger partial charge in [-0.25, -0.2) is 9.29 Å². The Bertz CT molecular complexity index is 1220. The number of nitrogens with one attached hydrogen (secondary N) is 1. The molecule has 0 aliphatic carbocycles. The zero-order chi connectivity index (χ0) is 22.8. The van der Waals surface area contributed by atoms with Crippen LogP contribution in [0.4, 0.5) is 15.8 Å². The minimum Gasteiger partial charge on any atom is -0.494 e. The maximum Gasteiger partial charge on any atom is 0.282 e. The van der Waals surface area contributed by atoms with Gasteiger partial charge >= 0.3 is 0 Å². The van der Waals surface area contributed by atoms with E-state index in [0.29, 0.717) is 28.6 Å². The molecule has 162 valence electrons. The number of nitrogens with zero attached hydrogens (tertiary/aromatic N) is 1. The number of carbonyl (C=O) groups excluding carboxylic acids is 2. The molecule has 0 radical (unpaired) electrons. The first kappa shape index (κ1) is 21.6. The van der Waals surface area contributed by atoms with E-state index in [1.165, 1.54) is 24.3 Å². The molecule has 3 aromatic rings. The van der Waals surface area contributed by atoms with Gasteiger partial charge < -0.3 is 10.1 Å². The van der Waals surface area contributed by atoms with E-state index in [1.54, 1.807) is 42.5 Å². The van der Waals surface area contributed by atoms with Crippen LogP contribution in [-0.2, 0) is 9.59 Å². The van der Waals surface area contributed by atoms with Gasteiger partial charge in [0.15, 0.2) is 0 Å². The molecule has 1 heterocycles. The predicted molar refractivity (Wildman–Crippen MR) is 123 cm³/mol. The molecule has 0 aromatic heterocycles. The van der Waals surface area contributed by atoms with Crippen molar-refractivity contribution >= 4 is 40.4 Å². The van der Waals surface area contributed by atoms with Crippen LogP contribution < -0.4 is 15.0 Å². The van der Waals surface area contributed by atoms with Crippen molar-refractivity contribution in [2.24, 2.45) is 0 Å². The second-order valence-corrected chi connectivity index (χ2v) is 7.65. The standard InChI is InChI=1S/C25H20ClFN2O3/c1-3-32-20-11-4-16(5-12-20)22-23(28-21-13-6-17(26)14-15(21)2)25(31)29(24(22)30)19-9-7-18(27)8-10-19/h4-14,28H,3H2,1-2H3. The number of ether oxygens (including phenoxy) is 1. The molecule has 0 bridgehead atoms. The second-order valence-electron chi connectivity index (χ2n) is 7.21. The predicted octanol–water partition coefficient (Wildman–Crippen LogP) is 5.58. The Morgan fingerprint density at radius 1 is 0.969 bits per heavy atom. The van der Waals surface area contributed by atoms with Crippen LogP contribution in [0.3, 0.4) is 0 Å². The second kappa shape index (κ2) is 8.85. The Morgan fingerprint density at radius 3 is 2.28 bits per heavy atom. The van der Waals surface area contributed by atoms with Crippen molar-refractivity contribution in [1.82, 2.24) is 0 Å².